The molecule has 3 aromatic rings. The Morgan fingerprint density at radius 2 is 1.69 bits per heavy atom. The number of aryl methyl sites for hydroxylation is 1. The van der Waals surface area contributed by atoms with Gasteiger partial charge in [-0.15, -0.1) is 0 Å². The third-order valence-corrected chi connectivity index (χ3v) is 4.84. The Hall–Kier alpha value is -3.87. The van der Waals surface area contributed by atoms with E-state index in [2.05, 4.69) is 31.4 Å². The minimum absolute atomic E-state index is 0.0163. The van der Waals surface area contributed by atoms with Gasteiger partial charge in [0, 0.05) is 11.4 Å². The predicted octanol–water partition coefficient (Wildman–Crippen LogP) is 4.93. The monoisotopic (exact) mass is 434 g/mol. The number of hydrogen-bond donors (Lipinski definition) is 2. The van der Waals surface area contributed by atoms with Crippen LogP contribution in [-0.4, -0.2) is 24.4 Å². The third-order valence-electron chi connectivity index (χ3n) is 4.84. The summed E-state index contributed by atoms with van der Waals surface area (Å²) in [4.78, 5) is 36.8. The Balaban J connectivity index is 1.57. The van der Waals surface area contributed by atoms with Gasteiger partial charge in [0.1, 0.15) is 0 Å². The van der Waals surface area contributed by atoms with Crippen LogP contribution < -0.4 is 10.6 Å². The number of esters is 1. The van der Waals surface area contributed by atoms with E-state index in [1.807, 2.05) is 24.3 Å². The zero-order valence-electron chi connectivity index (χ0n) is 18.5. The van der Waals surface area contributed by atoms with Crippen LogP contribution >= 0.6 is 0 Å². The molecule has 0 radical (unpaired) electrons. The van der Waals surface area contributed by atoms with Gasteiger partial charge in [-0.2, -0.15) is 0 Å². The van der Waals surface area contributed by atoms with Crippen molar-refractivity contribution in [3.05, 3.63) is 83.3 Å². The lowest BCUT2D eigenvalue weighted by molar-refractivity contribution is -0.119. The second-order valence-electron chi connectivity index (χ2n) is 8.41. The molecule has 0 fully saturated rings. The number of hydrogen-bond acceptors (Lipinski definition) is 5. The summed E-state index contributed by atoms with van der Waals surface area (Å²) in [6.45, 7) is 7.70. The van der Waals surface area contributed by atoms with Gasteiger partial charge in [-0.1, -0.05) is 39.0 Å². The topological polar surface area (TPSA) is 97.6 Å². The highest BCUT2D eigenvalue weighted by Crippen LogP contribution is 2.23. The van der Waals surface area contributed by atoms with Crippen molar-refractivity contribution in [1.29, 1.82) is 0 Å². The van der Waals surface area contributed by atoms with E-state index in [0.717, 1.165) is 11.1 Å². The first-order valence-corrected chi connectivity index (χ1v) is 10.2. The summed E-state index contributed by atoms with van der Waals surface area (Å²) in [5.41, 5.74) is 3.21. The molecule has 0 aliphatic rings. The summed E-state index contributed by atoms with van der Waals surface area (Å²) < 4.78 is 10.2. The molecule has 0 spiro atoms. The molecule has 2 N–H and O–H groups in total. The lowest BCUT2D eigenvalue weighted by Gasteiger charge is -2.19. The first kappa shape index (κ1) is 22.8. The molecule has 2 aromatic carbocycles. The van der Waals surface area contributed by atoms with E-state index < -0.39 is 24.4 Å². The van der Waals surface area contributed by atoms with Crippen molar-refractivity contribution < 1.29 is 23.5 Å². The molecule has 32 heavy (non-hydrogen) atoms. The Morgan fingerprint density at radius 1 is 0.969 bits per heavy atom. The second kappa shape index (κ2) is 9.51. The largest absolute Gasteiger partial charge is 0.459 e. The molecule has 0 unspecified atom stereocenters. The van der Waals surface area contributed by atoms with Crippen molar-refractivity contribution in [3.63, 3.8) is 0 Å². The molecule has 7 nitrogen and oxygen atoms in total. The highest BCUT2D eigenvalue weighted by atomic mass is 16.5. The summed E-state index contributed by atoms with van der Waals surface area (Å²) in [5, 5.41) is 5.41. The number of carbonyl (C=O) groups is 3. The number of benzene rings is 2. The van der Waals surface area contributed by atoms with Crippen LogP contribution in [0, 0.1) is 6.92 Å². The van der Waals surface area contributed by atoms with Gasteiger partial charge in [0.05, 0.1) is 11.8 Å². The highest BCUT2D eigenvalue weighted by molar-refractivity contribution is 6.03. The first-order chi connectivity index (χ1) is 15.1. The molecule has 0 bridgehead atoms. The van der Waals surface area contributed by atoms with Crippen LogP contribution in [0.1, 0.15) is 52.8 Å². The molecule has 1 aromatic heterocycles. The van der Waals surface area contributed by atoms with E-state index in [0.29, 0.717) is 11.4 Å². The molecule has 166 valence electrons. The second-order valence-corrected chi connectivity index (χ2v) is 8.41. The van der Waals surface area contributed by atoms with Gasteiger partial charge in [-0.3, -0.25) is 9.59 Å². The average Bonchev–Trinajstić information content (AvgIpc) is 3.28. The Bertz CT molecular complexity index is 1110. The Labute approximate surface area is 186 Å². The van der Waals surface area contributed by atoms with Crippen molar-refractivity contribution in [2.24, 2.45) is 0 Å². The van der Waals surface area contributed by atoms with Crippen molar-refractivity contribution in [1.82, 2.24) is 0 Å². The van der Waals surface area contributed by atoms with Crippen molar-refractivity contribution in [3.8, 4) is 0 Å². The fourth-order valence-electron chi connectivity index (χ4n) is 2.94. The van der Waals surface area contributed by atoms with Gasteiger partial charge in [-0.25, -0.2) is 4.79 Å². The maximum absolute atomic E-state index is 12.4. The molecule has 7 heteroatoms. The van der Waals surface area contributed by atoms with Gasteiger partial charge in [0.25, 0.3) is 11.8 Å². The fourth-order valence-corrected chi connectivity index (χ4v) is 2.94. The van der Waals surface area contributed by atoms with E-state index in [1.165, 1.54) is 18.4 Å². The fraction of sp³-hybridized carbons (Fsp3) is 0.240. The van der Waals surface area contributed by atoms with Crippen LogP contribution in [0.4, 0.5) is 11.4 Å². The van der Waals surface area contributed by atoms with Crippen LogP contribution in [0.15, 0.2) is 65.3 Å². The predicted molar refractivity (Wildman–Crippen MR) is 122 cm³/mol. The third kappa shape index (κ3) is 5.85. The van der Waals surface area contributed by atoms with Gasteiger partial charge >= 0.3 is 5.97 Å². The summed E-state index contributed by atoms with van der Waals surface area (Å²) in [5.74, 6) is -1.39. The zero-order valence-corrected chi connectivity index (χ0v) is 18.5. The lowest BCUT2D eigenvalue weighted by Crippen LogP contribution is -2.21. The van der Waals surface area contributed by atoms with Crippen LogP contribution in [0.3, 0.4) is 0 Å². The van der Waals surface area contributed by atoms with Crippen molar-refractivity contribution in [2.75, 3.05) is 17.2 Å². The molecular formula is C25H26N2O5. The molecule has 0 atom stereocenters. The van der Waals surface area contributed by atoms with Crippen molar-refractivity contribution >= 4 is 29.2 Å². The molecular weight excluding hydrogens is 408 g/mol. The summed E-state index contributed by atoms with van der Waals surface area (Å²) >= 11 is 0. The van der Waals surface area contributed by atoms with Gasteiger partial charge in [0.15, 0.2) is 12.4 Å². The summed E-state index contributed by atoms with van der Waals surface area (Å²) in [7, 11) is 0. The lowest BCUT2D eigenvalue weighted by atomic mass is 9.87. The number of anilines is 2. The number of nitrogens with one attached hydrogen (secondary N) is 2. The molecule has 0 saturated carbocycles. The average molecular weight is 434 g/mol. The quantitative estimate of drug-likeness (QED) is 0.536. The summed E-state index contributed by atoms with van der Waals surface area (Å²) in [6.07, 6.45) is 1.40. The molecule has 0 aliphatic heterocycles. The van der Waals surface area contributed by atoms with E-state index in [4.69, 9.17) is 9.15 Å². The number of furan rings is 1. The minimum Gasteiger partial charge on any atom is -0.459 e. The van der Waals surface area contributed by atoms with Crippen molar-refractivity contribution in [2.45, 2.75) is 33.1 Å². The van der Waals surface area contributed by atoms with E-state index >= 15 is 0 Å². The smallest absolute Gasteiger partial charge is 0.338 e. The number of rotatable bonds is 6. The standard InChI is InChI=1S/C25H26N2O5/c1-16-7-8-17(14-20(16)27-23(29)21-6-5-13-31-21)24(30)32-15-22(28)26-19-11-9-18(10-12-19)25(2,3)4/h5-14H,15H2,1-4H3,(H,26,28)(H,27,29). The molecule has 0 saturated heterocycles. The summed E-state index contributed by atoms with van der Waals surface area (Å²) in [6, 6.07) is 15.4. The molecule has 3 rings (SSSR count). The van der Waals surface area contributed by atoms with E-state index in [-0.39, 0.29) is 16.7 Å². The molecule has 2 amide bonds. The Kier molecular flexibility index (Phi) is 6.78. The maximum atomic E-state index is 12.4. The van der Waals surface area contributed by atoms with E-state index in [1.54, 1.807) is 25.1 Å². The highest BCUT2D eigenvalue weighted by Gasteiger charge is 2.16. The number of ether oxygens (including phenoxy) is 1. The number of amides is 2. The van der Waals surface area contributed by atoms with Crippen LogP contribution in [0.25, 0.3) is 0 Å². The van der Waals surface area contributed by atoms with E-state index in [9.17, 15) is 14.4 Å². The SMILES string of the molecule is Cc1ccc(C(=O)OCC(=O)Nc2ccc(C(C)(C)C)cc2)cc1NC(=O)c1ccco1. The van der Waals surface area contributed by atoms with Gasteiger partial charge in [-0.05, 0) is 59.9 Å². The van der Waals surface area contributed by atoms with Crippen LogP contribution in [-0.2, 0) is 14.9 Å². The van der Waals surface area contributed by atoms with Gasteiger partial charge in [0.2, 0.25) is 0 Å². The molecule has 0 aliphatic carbocycles. The van der Waals surface area contributed by atoms with Crippen LogP contribution in [0.2, 0.25) is 0 Å². The normalized spacial score (nSPS) is 11.0. The molecule has 1 heterocycles. The zero-order chi connectivity index (χ0) is 23.3. The maximum Gasteiger partial charge on any atom is 0.338 e. The van der Waals surface area contributed by atoms with Crippen LogP contribution in [0.5, 0.6) is 0 Å². The van der Waals surface area contributed by atoms with Gasteiger partial charge < -0.3 is 19.8 Å². The minimum atomic E-state index is -0.670. The first-order valence-electron chi connectivity index (χ1n) is 10.2. The number of carbonyl (C=O) groups excluding carboxylic acids is 3. The Morgan fingerprint density at radius 3 is 2.31 bits per heavy atom.